The molecule has 0 aliphatic carbocycles. The Morgan fingerprint density at radius 3 is 1.95 bits per heavy atom. The molecule has 40 heavy (non-hydrogen) atoms. The Hall–Kier alpha value is -4.67. The van der Waals surface area contributed by atoms with E-state index in [2.05, 4.69) is 20.6 Å². The highest BCUT2D eigenvalue weighted by atomic mass is 16.5. The first-order valence-electron chi connectivity index (χ1n) is 12.8. The molecule has 2 aromatic heterocycles. The van der Waals surface area contributed by atoms with Crippen LogP contribution in [-0.2, 0) is 16.1 Å². The van der Waals surface area contributed by atoms with Crippen LogP contribution in [0.5, 0.6) is 11.5 Å². The lowest BCUT2D eigenvalue weighted by atomic mass is 10.2. The molecule has 2 amide bonds. The fraction of sp³-hybridized carbons (Fsp3) is 0.345. The smallest absolute Gasteiger partial charge is 0.413 e. The third-order valence-corrected chi connectivity index (χ3v) is 5.08. The number of nitrogens with zero attached hydrogens (tertiary/aromatic N) is 2. The van der Waals surface area contributed by atoms with Gasteiger partial charge >= 0.3 is 12.1 Å². The number of hydrogen-bond donors (Lipinski definition) is 2. The van der Waals surface area contributed by atoms with E-state index in [1.165, 1.54) is 31.4 Å². The largest absolute Gasteiger partial charge is 0.493 e. The van der Waals surface area contributed by atoms with E-state index in [-0.39, 0.29) is 41.5 Å². The van der Waals surface area contributed by atoms with E-state index in [0.717, 1.165) is 5.56 Å². The minimum atomic E-state index is -0.728. The molecule has 0 saturated carbocycles. The van der Waals surface area contributed by atoms with Crippen molar-refractivity contribution in [1.29, 1.82) is 0 Å². The molecule has 0 bridgehead atoms. The average Bonchev–Trinajstić information content (AvgIpc) is 2.93. The topological polar surface area (TPSA) is 138 Å². The normalized spacial score (nSPS) is 10.7. The van der Waals surface area contributed by atoms with Crippen LogP contribution < -0.4 is 20.1 Å². The molecule has 0 fully saturated rings. The molecular weight excluding hydrogens is 516 g/mol. The Morgan fingerprint density at radius 2 is 1.35 bits per heavy atom. The SMILES string of the molecule is COC(=O)c1cc(OCC(C)C)cc(C(=O)Nc2cc(OCC(C)C)cc(NC(=O)OCc3ccccc3)n2)n1. The minimum Gasteiger partial charge on any atom is -0.493 e. The lowest BCUT2D eigenvalue weighted by Crippen LogP contribution is -2.19. The molecule has 0 aliphatic heterocycles. The molecule has 212 valence electrons. The summed E-state index contributed by atoms with van der Waals surface area (Å²) in [6.07, 6.45) is -0.728. The van der Waals surface area contributed by atoms with Crippen molar-refractivity contribution in [1.82, 2.24) is 9.97 Å². The molecule has 0 aliphatic rings. The molecule has 0 unspecified atom stereocenters. The second kappa shape index (κ2) is 14.5. The number of hydrogen-bond acceptors (Lipinski definition) is 9. The first-order chi connectivity index (χ1) is 19.1. The van der Waals surface area contributed by atoms with E-state index in [0.29, 0.717) is 24.7 Å². The van der Waals surface area contributed by atoms with Crippen LogP contribution >= 0.6 is 0 Å². The third-order valence-electron chi connectivity index (χ3n) is 5.08. The van der Waals surface area contributed by atoms with Crippen LogP contribution in [0, 0.1) is 11.8 Å². The van der Waals surface area contributed by atoms with Gasteiger partial charge in [0.05, 0.1) is 20.3 Å². The summed E-state index contributed by atoms with van der Waals surface area (Å²) in [5.74, 6) is -0.0817. The van der Waals surface area contributed by atoms with Crippen molar-refractivity contribution in [3.8, 4) is 11.5 Å². The van der Waals surface area contributed by atoms with Gasteiger partial charge in [0, 0.05) is 24.3 Å². The molecule has 0 saturated heterocycles. The monoisotopic (exact) mass is 550 g/mol. The second-order valence-electron chi connectivity index (χ2n) is 9.69. The zero-order valence-corrected chi connectivity index (χ0v) is 23.2. The highest BCUT2D eigenvalue weighted by Gasteiger charge is 2.18. The number of carbonyl (C=O) groups is 3. The van der Waals surface area contributed by atoms with Crippen LogP contribution in [0.1, 0.15) is 54.2 Å². The molecule has 11 nitrogen and oxygen atoms in total. The van der Waals surface area contributed by atoms with E-state index in [1.807, 2.05) is 58.0 Å². The van der Waals surface area contributed by atoms with Crippen LogP contribution in [0.4, 0.5) is 16.4 Å². The molecular formula is C29H34N4O7. The summed E-state index contributed by atoms with van der Waals surface area (Å²) in [6.45, 7) is 8.76. The van der Waals surface area contributed by atoms with Gasteiger partial charge in [-0.3, -0.25) is 10.1 Å². The van der Waals surface area contributed by atoms with Crippen LogP contribution in [0.2, 0.25) is 0 Å². The van der Waals surface area contributed by atoms with Crippen LogP contribution in [0.25, 0.3) is 0 Å². The predicted octanol–water partition coefficient (Wildman–Crippen LogP) is 5.33. The molecule has 0 radical (unpaired) electrons. The summed E-state index contributed by atoms with van der Waals surface area (Å²) in [4.78, 5) is 46.2. The zero-order chi connectivity index (χ0) is 29.1. The molecule has 2 N–H and O–H groups in total. The van der Waals surface area contributed by atoms with Crippen LogP contribution in [0.15, 0.2) is 54.6 Å². The van der Waals surface area contributed by atoms with E-state index >= 15 is 0 Å². The van der Waals surface area contributed by atoms with Crippen molar-refractivity contribution >= 4 is 29.6 Å². The zero-order valence-electron chi connectivity index (χ0n) is 23.2. The third kappa shape index (κ3) is 9.57. The molecule has 2 heterocycles. The number of rotatable bonds is 12. The summed E-state index contributed by atoms with van der Waals surface area (Å²) in [6, 6.07) is 15.1. The van der Waals surface area contributed by atoms with Gasteiger partial charge in [0.15, 0.2) is 5.69 Å². The number of amides is 2. The maximum Gasteiger partial charge on any atom is 0.413 e. The Kier molecular flexibility index (Phi) is 10.8. The molecule has 0 spiro atoms. The number of ether oxygens (including phenoxy) is 4. The summed E-state index contributed by atoms with van der Waals surface area (Å²) >= 11 is 0. The highest BCUT2D eigenvalue weighted by molar-refractivity contribution is 6.03. The van der Waals surface area contributed by atoms with Gasteiger partial charge in [0.1, 0.15) is 35.4 Å². The maximum absolute atomic E-state index is 13.2. The van der Waals surface area contributed by atoms with Crippen molar-refractivity contribution in [2.45, 2.75) is 34.3 Å². The predicted molar refractivity (Wildman–Crippen MR) is 149 cm³/mol. The first kappa shape index (κ1) is 29.9. The van der Waals surface area contributed by atoms with Gasteiger partial charge in [0.25, 0.3) is 5.91 Å². The van der Waals surface area contributed by atoms with Crippen molar-refractivity contribution in [2.75, 3.05) is 31.0 Å². The fourth-order valence-electron chi connectivity index (χ4n) is 3.20. The number of anilines is 2. The number of benzene rings is 1. The van der Waals surface area contributed by atoms with Gasteiger partial charge in [-0.05, 0) is 17.4 Å². The van der Waals surface area contributed by atoms with Crippen LogP contribution in [0.3, 0.4) is 0 Å². The lowest BCUT2D eigenvalue weighted by molar-refractivity contribution is 0.0593. The summed E-state index contributed by atoms with van der Waals surface area (Å²) in [7, 11) is 1.22. The van der Waals surface area contributed by atoms with Crippen molar-refractivity contribution < 1.29 is 33.3 Å². The quantitative estimate of drug-likeness (QED) is 0.286. The lowest BCUT2D eigenvalue weighted by Gasteiger charge is -2.14. The van der Waals surface area contributed by atoms with Gasteiger partial charge < -0.3 is 24.3 Å². The van der Waals surface area contributed by atoms with E-state index in [4.69, 9.17) is 18.9 Å². The number of nitrogens with one attached hydrogen (secondary N) is 2. The number of methoxy groups -OCH3 is 1. The average molecular weight is 551 g/mol. The van der Waals surface area contributed by atoms with E-state index in [1.54, 1.807) is 0 Å². The Labute approximate surface area is 233 Å². The van der Waals surface area contributed by atoms with E-state index in [9.17, 15) is 14.4 Å². The second-order valence-corrected chi connectivity index (χ2v) is 9.69. The van der Waals surface area contributed by atoms with Crippen LogP contribution in [-0.4, -0.2) is 48.3 Å². The summed E-state index contributed by atoms with van der Waals surface area (Å²) in [5.41, 5.74) is 0.652. The van der Waals surface area contributed by atoms with Gasteiger partial charge in [-0.15, -0.1) is 0 Å². The van der Waals surface area contributed by atoms with Gasteiger partial charge in [-0.2, -0.15) is 0 Å². The Bertz CT molecular complexity index is 1310. The molecule has 1 aromatic carbocycles. The fourth-order valence-corrected chi connectivity index (χ4v) is 3.20. The van der Waals surface area contributed by atoms with Gasteiger partial charge in [-0.1, -0.05) is 58.0 Å². The molecule has 3 aromatic rings. The standard InChI is InChI=1S/C29H34N4O7/c1-18(2)15-38-21-11-23(30-24(12-21)28(35)37-5)27(34)32-25-13-22(39-16-19(3)4)14-26(31-25)33-29(36)40-17-20-9-7-6-8-10-20/h6-14,18-19H,15-17H2,1-5H3,(H2,31,32,33,34,36). The molecule has 0 atom stereocenters. The van der Waals surface area contributed by atoms with Crippen molar-refractivity contribution in [3.05, 3.63) is 71.5 Å². The summed E-state index contributed by atoms with van der Waals surface area (Å²) in [5, 5.41) is 5.20. The number of aromatic nitrogens is 2. The minimum absolute atomic E-state index is 0.0726. The number of esters is 1. The summed E-state index contributed by atoms with van der Waals surface area (Å²) < 4.78 is 21.6. The van der Waals surface area contributed by atoms with Gasteiger partial charge in [-0.25, -0.2) is 19.6 Å². The molecule has 3 rings (SSSR count). The van der Waals surface area contributed by atoms with Crippen molar-refractivity contribution in [2.24, 2.45) is 11.8 Å². The van der Waals surface area contributed by atoms with E-state index < -0.39 is 18.0 Å². The first-order valence-corrected chi connectivity index (χ1v) is 12.8. The Morgan fingerprint density at radius 1 is 0.775 bits per heavy atom. The number of pyridine rings is 2. The maximum atomic E-state index is 13.2. The molecule has 11 heteroatoms. The van der Waals surface area contributed by atoms with Gasteiger partial charge in [0.2, 0.25) is 0 Å². The Balaban J connectivity index is 1.82. The highest BCUT2D eigenvalue weighted by Crippen LogP contribution is 2.23. The number of carbonyl (C=O) groups excluding carboxylic acids is 3. The van der Waals surface area contributed by atoms with Crippen molar-refractivity contribution in [3.63, 3.8) is 0 Å².